The molecule has 8 heteroatoms. The number of hydrogen-bond acceptors (Lipinski definition) is 3. The molecule has 5 nitrogen and oxygen atoms in total. The number of benzene rings is 1. The Morgan fingerprint density at radius 1 is 1.14 bits per heavy atom. The van der Waals surface area contributed by atoms with Gasteiger partial charge in [-0.2, -0.15) is 0 Å². The second kappa shape index (κ2) is 3.71. The first-order valence-corrected chi connectivity index (χ1v) is 9.01. The Kier molecular flexibility index (Phi) is 3.13. The Labute approximate surface area is 87.7 Å². The summed E-state index contributed by atoms with van der Waals surface area (Å²) in [6, 6.07) is 4.21. The van der Waals surface area contributed by atoms with E-state index in [4.69, 9.17) is 18.9 Å². The zero-order chi connectivity index (χ0) is 11.0. The van der Waals surface area contributed by atoms with Crippen LogP contribution in [0.4, 0.5) is 0 Å². The van der Waals surface area contributed by atoms with Gasteiger partial charge in [0.05, 0.1) is 0 Å². The van der Waals surface area contributed by atoms with Crippen LogP contribution in [-0.4, -0.2) is 30.8 Å². The van der Waals surface area contributed by atoms with Crippen molar-refractivity contribution in [1.29, 1.82) is 0 Å². The molecule has 0 aromatic heterocycles. The van der Waals surface area contributed by atoms with Crippen molar-refractivity contribution in [1.82, 2.24) is 0 Å². The minimum absolute atomic E-state index is 0.188. The van der Waals surface area contributed by atoms with Gasteiger partial charge in [0.1, 0.15) is 0 Å². The third kappa shape index (κ3) is 2.86. The molecule has 2 N–H and O–H groups in total. The van der Waals surface area contributed by atoms with E-state index >= 15 is 0 Å². The van der Waals surface area contributed by atoms with Crippen molar-refractivity contribution in [3.05, 3.63) is 24.3 Å². The molecule has 0 bridgehead atoms. The Bertz CT molecular complexity index is 473. The van der Waals surface area contributed by atoms with Gasteiger partial charge in [0, 0.05) is 0 Å². The van der Waals surface area contributed by atoms with E-state index in [1.54, 1.807) is 0 Å². The van der Waals surface area contributed by atoms with E-state index in [1.165, 1.54) is 0 Å². The van der Waals surface area contributed by atoms with E-state index < -0.39 is 23.2 Å². The van der Waals surface area contributed by atoms with E-state index in [1.807, 2.05) is 0 Å². The first-order chi connectivity index (χ1) is 6.21. The Hall–Kier alpha value is -0.262. The van der Waals surface area contributed by atoms with Crippen LogP contribution in [0.3, 0.4) is 0 Å². The zero-order valence-electron chi connectivity index (χ0n) is 6.66. The van der Waals surface area contributed by atoms with Crippen LogP contribution in [0.1, 0.15) is 0 Å². The van der Waals surface area contributed by atoms with Crippen LogP contribution in [0, 0.1) is 0 Å². The Balaban J connectivity index is 3.21. The predicted molar refractivity (Wildman–Crippen MR) is 50.0 cm³/mol. The van der Waals surface area contributed by atoms with E-state index in [0.29, 0.717) is 0 Å². The van der Waals surface area contributed by atoms with Crippen molar-refractivity contribution >= 4 is 38.3 Å². The molecular formula is C6H6AsClO5S. The monoisotopic (exact) mass is 300 g/mol. The summed E-state index contributed by atoms with van der Waals surface area (Å²) in [6.45, 7) is 0. The van der Waals surface area contributed by atoms with Gasteiger partial charge in [0.15, 0.2) is 0 Å². The summed E-state index contributed by atoms with van der Waals surface area (Å²) in [7, 11) is 1.17. The molecule has 1 aromatic rings. The normalized spacial score (nSPS) is 12.8. The Morgan fingerprint density at radius 2 is 1.57 bits per heavy atom. The summed E-state index contributed by atoms with van der Waals surface area (Å²) in [6.07, 6.45) is 0. The van der Waals surface area contributed by atoms with Crippen LogP contribution in [0.15, 0.2) is 29.2 Å². The quantitative estimate of drug-likeness (QED) is 0.550. The second-order valence-electron chi connectivity index (χ2n) is 2.48. The predicted octanol–water partition coefficient (Wildman–Crippen LogP) is -0.825. The fourth-order valence-electron chi connectivity index (χ4n) is 0.803. The molecular weight excluding hydrogens is 295 g/mol. The minimum atomic E-state index is -4.93. The summed E-state index contributed by atoms with van der Waals surface area (Å²) < 4.78 is 49.7. The molecule has 0 radical (unpaired) electrons. The molecule has 0 aliphatic carbocycles. The molecule has 0 amide bonds. The van der Waals surface area contributed by atoms with Crippen molar-refractivity contribution in [2.45, 2.75) is 4.90 Å². The van der Waals surface area contributed by atoms with Gasteiger partial charge in [0.2, 0.25) is 0 Å². The van der Waals surface area contributed by atoms with Crippen molar-refractivity contribution in [2.75, 3.05) is 0 Å². The molecule has 0 unspecified atom stereocenters. The summed E-state index contributed by atoms with van der Waals surface area (Å²) >= 11 is -4.93. The molecule has 0 saturated carbocycles. The molecule has 0 atom stereocenters. The molecule has 0 spiro atoms. The van der Waals surface area contributed by atoms with Crippen LogP contribution < -0.4 is 4.35 Å². The third-order valence-corrected chi connectivity index (χ3v) is 4.86. The van der Waals surface area contributed by atoms with Crippen molar-refractivity contribution in [2.24, 2.45) is 0 Å². The molecule has 0 saturated heterocycles. The van der Waals surface area contributed by atoms with E-state index in [2.05, 4.69) is 0 Å². The molecule has 0 fully saturated rings. The van der Waals surface area contributed by atoms with Gasteiger partial charge in [-0.05, 0) is 0 Å². The van der Waals surface area contributed by atoms with Gasteiger partial charge in [-0.1, -0.05) is 0 Å². The maximum absolute atomic E-state index is 10.8. The second-order valence-corrected chi connectivity index (χ2v) is 8.41. The summed E-state index contributed by atoms with van der Waals surface area (Å²) in [5.41, 5.74) is 0. The SMILES string of the molecule is O=S(=O)(Cl)c1ccc([As](=O)(O)O)cc1. The molecule has 1 aromatic carbocycles. The van der Waals surface area contributed by atoms with Crippen LogP contribution in [0.25, 0.3) is 0 Å². The van der Waals surface area contributed by atoms with Crippen LogP contribution >= 0.6 is 10.7 Å². The fraction of sp³-hybridized carbons (Fsp3) is 0. The van der Waals surface area contributed by atoms with Crippen LogP contribution in [-0.2, 0) is 12.8 Å². The first kappa shape index (κ1) is 11.8. The van der Waals surface area contributed by atoms with Crippen molar-refractivity contribution in [3.63, 3.8) is 0 Å². The van der Waals surface area contributed by atoms with Gasteiger partial charge in [0.25, 0.3) is 0 Å². The summed E-state index contributed by atoms with van der Waals surface area (Å²) in [5, 5.41) is 0. The van der Waals surface area contributed by atoms with Gasteiger partial charge in [-0.3, -0.25) is 0 Å². The topological polar surface area (TPSA) is 91.7 Å². The van der Waals surface area contributed by atoms with Crippen molar-refractivity contribution in [3.8, 4) is 0 Å². The van der Waals surface area contributed by atoms with Crippen LogP contribution in [0.2, 0.25) is 0 Å². The molecule has 14 heavy (non-hydrogen) atoms. The maximum atomic E-state index is 10.8. The van der Waals surface area contributed by atoms with E-state index in [9.17, 15) is 12.2 Å². The molecule has 0 aliphatic heterocycles. The molecule has 78 valence electrons. The van der Waals surface area contributed by atoms with Gasteiger partial charge in [-0.15, -0.1) is 0 Å². The van der Waals surface area contributed by atoms with E-state index in [0.717, 1.165) is 24.3 Å². The number of halogens is 1. The number of rotatable bonds is 2. The molecule has 1 rings (SSSR count). The van der Waals surface area contributed by atoms with Gasteiger partial charge < -0.3 is 0 Å². The van der Waals surface area contributed by atoms with E-state index in [-0.39, 0.29) is 9.25 Å². The fourth-order valence-corrected chi connectivity index (χ4v) is 2.70. The average Bonchev–Trinajstić information content (AvgIpc) is 2.01. The Morgan fingerprint density at radius 3 is 1.86 bits per heavy atom. The average molecular weight is 301 g/mol. The summed E-state index contributed by atoms with van der Waals surface area (Å²) in [4.78, 5) is -0.188. The standard InChI is InChI=1S/C6H6AsClO5S/c8-14(12,13)6-3-1-5(2-4-6)7(9,10)11/h1-4H,(H2,9,10,11). The third-order valence-electron chi connectivity index (χ3n) is 1.45. The first-order valence-electron chi connectivity index (χ1n) is 3.32. The summed E-state index contributed by atoms with van der Waals surface area (Å²) in [5.74, 6) is 0. The molecule has 0 aliphatic rings. The van der Waals surface area contributed by atoms with Crippen molar-refractivity contribution < 1.29 is 20.3 Å². The van der Waals surface area contributed by atoms with Gasteiger partial charge >= 0.3 is 87.8 Å². The molecule has 0 heterocycles. The van der Waals surface area contributed by atoms with Crippen LogP contribution in [0.5, 0.6) is 0 Å². The van der Waals surface area contributed by atoms with Gasteiger partial charge in [-0.25, -0.2) is 0 Å². The zero-order valence-corrected chi connectivity index (χ0v) is 10.1. The number of hydrogen-bond donors (Lipinski definition) is 2.